The second kappa shape index (κ2) is 8.16. The molecule has 25 heavy (non-hydrogen) atoms. The van der Waals surface area contributed by atoms with E-state index in [4.69, 9.17) is 0 Å². The molecule has 1 fully saturated rings. The van der Waals surface area contributed by atoms with E-state index in [1.165, 1.54) is 12.8 Å². The van der Waals surface area contributed by atoms with Gasteiger partial charge in [-0.1, -0.05) is 0 Å². The Labute approximate surface area is 157 Å². The van der Waals surface area contributed by atoms with E-state index in [0.29, 0.717) is 18.8 Å². The highest BCUT2D eigenvalue weighted by molar-refractivity contribution is 7.13. The average molecular weight is 383 g/mol. The number of carbonyl (C=O) groups is 1. The summed E-state index contributed by atoms with van der Waals surface area (Å²) in [6.45, 7) is 4.44. The Bertz CT molecular complexity index is 724. The van der Waals surface area contributed by atoms with E-state index >= 15 is 0 Å². The highest BCUT2D eigenvalue weighted by Gasteiger charge is 2.21. The summed E-state index contributed by atoms with van der Waals surface area (Å²) in [6.07, 6.45) is 4.16. The smallest absolute Gasteiger partial charge is 0.272 e. The lowest BCUT2D eigenvalue weighted by molar-refractivity contribution is 0.0948. The number of aromatic nitrogens is 3. The van der Waals surface area contributed by atoms with E-state index < -0.39 is 0 Å². The molecular weight excluding hydrogens is 360 g/mol. The standard InChI is InChI=1S/C16H22N6OS.ClH/c23-15(14-12-9-17-5-4-13(12)20-21-14)18-6-3-11-10-24-16(19-11)22-7-1-2-8-22;/h10,17H,1-9H2,(H,18,23)(H,20,21);1H. The van der Waals surface area contributed by atoms with Crippen LogP contribution in [0.1, 0.15) is 40.3 Å². The lowest BCUT2D eigenvalue weighted by Gasteiger charge is -2.13. The number of nitrogens with zero attached hydrogens (tertiary/aromatic N) is 3. The van der Waals surface area contributed by atoms with Crippen molar-refractivity contribution in [1.29, 1.82) is 0 Å². The predicted octanol–water partition coefficient (Wildman–Crippen LogP) is 1.51. The molecule has 0 spiro atoms. The van der Waals surface area contributed by atoms with Gasteiger partial charge in [-0.25, -0.2) is 4.98 Å². The fourth-order valence-electron chi connectivity index (χ4n) is 3.27. The first-order valence-corrected chi connectivity index (χ1v) is 9.43. The van der Waals surface area contributed by atoms with Crippen molar-refractivity contribution < 1.29 is 4.79 Å². The summed E-state index contributed by atoms with van der Waals surface area (Å²) in [6, 6.07) is 0. The number of carbonyl (C=O) groups excluding carboxylic acids is 1. The molecule has 0 atom stereocenters. The largest absolute Gasteiger partial charge is 0.350 e. The van der Waals surface area contributed by atoms with Crippen molar-refractivity contribution in [2.24, 2.45) is 0 Å². The van der Waals surface area contributed by atoms with Crippen LogP contribution in [0.2, 0.25) is 0 Å². The molecule has 0 unspecified atom stereocenters. The number of hydrogen-bond acceptors (Lipinski definition) is 6. The Hall–Kier alpha value is -1.64. The van der Waals surface area contributed by atoms with Gasteiger partial charge in [-0.3, -0.25) is 9.89 Å². The summed E-state index contributed by atoms with van der Waals surface area (Å²) < 4.78 is 0. The number of H-pyrrole nitrogens is 1. The van der Waals surface area contributed by atoms with Gasteiger partial charge in [0, 0.05) is 62.2 Å². The van der Waals surface area contributed by atoms with Gasteiger partial charge in [0.05, 0.1) is 5.69 Å². The van der Waals surface area contributed by atoms with Crippen LogP contribution in [-0.4, -0.2) is 47.3 Å². The molecule has 4 heterocycles. The Balaban J connectivity index is 0.00000182. The van der Waals surface area contributed by atoms with Crippen LogP contribution in [0.15, 0.2) is 5.38 Å². The summed E-state index contributed by atoms with van der Waals surface area (Å²) in [5.41, 5.74) is 3.65. The van der Waals surface area contributed by atoms with Gasteiger partial charge in [0.2, 0.25) is 0 Å². The second-order valence-electron chi connectivity index (χ2n) is 6.28. The molecule has 3 N–H and O–H groups in total. The van der Waals surface area contributed by atoms with Crippen LogP contribution in [0.3, 0.4) is 0 Å². The van der Waals surface area contributed by atoms with Crippen molar-refractivity contribution in [3.8, 4) is 0 Å². The average Bonchev–Trinajstić information content (AvgIpc) is 3.34. The summed E-state index contributed by atoms with van der Waals surface area (Å²) >= 11 is 1.70. The van der Waals surface area contributed by atoms with Crippen LogP contribution in [0.4, 0.5) is 5.13 Å². The zero-order chi connectivity index (χ0) is 16.4. The van der Waals surface area contributed by atoms with Crippen LogP contribution in [0, 0.1) is 0 Å². The normalized spacial score (nSPS) is 16.4. The lowest BCUT2D eigenvalue weighted by atomic mass is 10.1. The number of fused-ring (bicyclic) bond motifs is 1. The third-order valence-corrected chi connectivity index (χ3v) is 5.55. The molecule has 1 saturated heterocycles. The first kappa shape index (κ1) is 18.2. The fourth-order valence-corrected chi connectivity index (χ4v) is 4.18. The Morgan fingerprint density at radius 3 is 3.04 bits per heavy atom. The minimum Gasteiger partial charge on any atom is -0.350 e. The van der Waals surface area contributed by atoms with Gasteiger partial charge in [-0.05, 0) is 12.8 Å². The predicted molar refractivity (Wildman–Crippen MR) is 101 cm³/mol. The van der Waals surface area contributed by atoms with Gasteiger partial charge >= 0.3 is 0 Å². The quantitative estimate of drug-likeness (QED) is 0.729. The lowest BCUT2D eigenvalue weighted by Crippen LogP contribution is -2.29. The molecule has 2 aromatic heterocycles. The van der Waals surface area contributed by atoms with Gasteiger partial charge in [0.15, 0.2) is 10.8 Å². The summed E-state index contributed by atoms with van der Waals surface area (Å²) in [7, 11) is 0. The van der Waals surface area contributed by atoms with Gasteiger partial charge in [0.25, 0.3) is 5.91 Å². The SMILES string of the molecule is Cl.O=C(NCCc1csc(N2CCCC2)n1)c1n[nH]c2c1CNCC2. The molecule has 2 aliphatic rings. The number of hydrogen-bond donors (Lipinski definition) is 3. The summed E-state index contributed by atoms with van der Waals surface area (Å²) in [5, 5.41) is 16.6. The molecule has 0 bridgehead atoms. The van der Waals surface area contributed by atoms with Crippen molar-refractivity contribution in [1.82, 2.24) is 25.8 Å². The third kappa shape index (κ3) is 3.96. The third-order valence-electron chi connectivity index (χ3n) is 4.60. The molecule has 2 aromatic rings. The molecule has 136 valence electrons. The number of nitrogens with one attached hydrogen (secondary N) is 3. The Morgan fingerprint density at radius 1 is 1.36 bits per heavy atom. The first-order chi connectivity index (χ1) is 11.8. The van der Waals surface area contributed by atoms with Crippen molar-refractivity contribution in [3.05, 3.63) is 28.0 Å². The summed E-state index contributed by atoms with van der Waals surface area (Å²) in [4.78, 5) is 19.4. The number of aromatic amines is 1. The highest BCUT2D eigenvalue weighted by Crippen LogP contribution is 2.24. The number of thiazole rings is 1. The van der Waals surface area contributed by atoms with E-state index in [9.17, 15) is 4.79 Å². The molecular formula is C16H23ClN6OS. The minimum atomic E-state index is -0.105. The van der Waals surface area contributed by atoms with E-state index in [2.05, 4.69) is 36.1 Å². The maximum Gasteiger partial charge on any atom is 0.272 e. The van der Waals surface area contributed by atoms with Crippen LogP contribution < -0.4 is 15.5 Å². The van der Waals surface area contributed by atoms with Gasteiger partial charge < -0.3 is 15.5 Å². The molecule has 9 heteroatoms. The van der Waals surface area contributed by atoms with Crippen molar-refractivity contribution in [2.45, 2.75) is 32.2 Å². The molecule has 0 radical (unpaired) electrons. The minimum absolute atomic E-state index is 0. The van der Waals surface area contributed by atoms with E-state index in [1.54, 1.807) is 11.3 Å². The maximum absolute atomic E-state index is 12.3. The Kier molecular flexibility index (Phi) is 5.93. The van der Waals surface area contributed by atoms with Crippen molar-refractivity contribution in [2.75, 3.05) is 31.1 Å². The first-order valence-electron chi connectivity index (χ1n) is 8.55. The number of halogens is 1. The van der Waals surface area contributed by atoms with Gasteiger partial charge in [0.1, 0.15) is 0 Å². The molecule has 1 amide bonds. The number of anilines is 1. The van der Waals surface area contributed by atoms with E-state index in [1.807, 2.05) is 0 Å². The number of rotatable bonds is 5. The zero-order valence-corrected chi connectivity index (χ0v) is 15.6. The number of amides is 1. The van der Waals surface area contributed by atoms with Crippen LogP contribution >= 0.6 is 23.7 Å². The van der Waals surface area contributed by atoms with Crippen LogP contribution in [-0.2, 0) is 19.4 Å². The van der Waals surface area contributed by atoms with Crippen molar-refractivity contribution in [3.63, 3.8) is 0 Å². The molecule has 0 aliphatic carbocycles. The Morgan fingerprint density at radius 2 is 2.20 bits per heavy atom. The molecule has 2 aliphatic heterocycles. The van der Waals surface area contributed by atoms with E-state index in [0.717, 1.165) is 54.6 Å². The molecule has 7 nitrogen and oxygen atoms in total. The van der Waals surface area contributed by atoms with Gasteiger partial charge in [-0.15, -0.1) is 23.7 Å². The topological polar surface area (TPSA) is 85.9 Å². The molecule has 0 saturated carbocycles. The highest BCUT2D eigenvalue weighted by atomic mass is 35.5. The molecule has 0 aromatic carbocycles. The molecule has 4 rings (SSSR count). The van der Waals surface area contributed by atoms with E-state index in [-0.39, 0.29) is 18.3 Å². The second-order valence-corrected chi connectivity index (χ2v) is 7.11. The summed E-state index contributed by atoms with van der Waals surface area (Å²) in [5.74, 6) is -0.105. The van der Waals surface area contributed by atoms with Gasteiger partial charge in [-0.2, -0.15) is 5.10 Å². The van der Waals surface area contributed by atoms with Crippen LogP contribution in [0.5, 0.6) is 0 Å². The monoisotopic (exact) mass is 382 g/mol. The maximum atomic E-state index is 12.3. The van der Waals surface area contributed by atoms with Crippen molar-refractivity contribution >= 4 is 34.8 Å². The van der Waals surface area contributed by atoms with Crippen LogP contribution in [0.25, 0.3) is 0 Å². The fraction of sp³-hybridized carbons (Fsp3) is 0.562. The zero-order valence-electron chi connectivity index (χ0n) is 14.0.